The van der Waals surface area contributed by atoms with Gasteiger partial charge < -0.3 is 14.6 Å². The zero-order chi connectivity index (χ0) is 20.1. The number of hydrogen-bond donors (Lipinski definition) is 1. The van der Waals surface area contributed by atoms with E-state index in [0.717, 1.165) is 34.5 Å². The van der Waals surface area contributed by atoms with Crippen LogP contribution in [0.15, 0.2) is 53.7 Å². The van der Waals surface area contributed by atoms with Crippen LogP contribution in [0.3, 0.4) is 0 Å². The molecule has 7 heteroatoms. The standard InChI is InChI=1S/C21H24N4O2S/c1-5-25-19(16-8-6-7-14(2)13-16)23-24-21(25)28-15(3)20(26)22-17-9-11-18(27-4)12-10-17/h6-13,15H,5H2,1-4H3,(H,22,26). The summed E-state index contributed by atoms with van der Waals surface area (Å²) in [7, 11) is 1.61. The average molecular weight is 397 g/mol. The van der Waals surface area contributed by atoms with Gasteiger partial charge in [0.2, 0.25) is 5.91 Å². The molecule has 1 aromatic heterocycles. The van der Waals surface area contributed by atoms with Crippen LogP contribution in [0.4, 0.5) is 5.69 Å². The Morgan fingerprint density at radius 3 is 2.61 bits per heavy atom. The zero-order valence-electron chi connectivity index (χ0n) is 16.5. The number of carbonyl (C=O) groups excluding carboxylic acids is 1. The molecule has 6 nitrogen and oxygen atoms in total. The summed E-state index contributed by atoms with van der Waals surface area (Å²) in [6.07, 6.45) is 0. The molecule has 0 aliphatic heterocycles. The summed E-state index contributed by atoms with van der Waals surface area (Å²) in [5.74, 6) is 1.48. The van der Waals surface area contributed by atoms with Crippen LogP contribution in [0.25, 0.3) is 11.4 Å². The molecule has 0 bridgehead atoms. The van der Waals surface area contributed by atoms with E-state index in [1.54, 1.807) is 7.11 Å². The molecule has 1 heterocycles. The van der Waals surface area contributed by atoms with Crippen molar-refractivity contribution in [2.45, 2.75) is 37.7 Å². The molecule has 2 aromatic carbocycles. The van der Waals surface area contributed by atoms with Crippen molar-refractivity contribution >= 4 is 23.4 Å². The lowest BCUT2D eigenvalue weighted by Crippen LogP contribution is -2.22. The third kappa shape index (κ3) is 4.54. The van der Waals surface area contributed by atoms with Gasteiger partial charge in [-0.1, -0.05) is 35.5 Å². The zero-order valence-corrected chi connectivity index (χ0v) is 17.3. The Morgan fingerprint density at radius 2 is 1.96 bits per heavy atom. The van der Waals surface area contributed by atoms with E-state index in [-0.39, 0.29) is 11.2 Å². The second kappa shape index (κ2) is 8.93. The molecule has 28 heavy (non-hydrogen) atoms. The first kappa shape index (κ1) is 19.9. The van der Waals surface area contributed by atoms with Gasteiger partial charge in [-0.05, 0) is 51.1 Å². The fourth-order valence-electron chi connectivity index (χ4n) is 2.79. The number of hydrogen-bond acceptors (Lipinski definition) is 5. The summed E-state index contributed by atoms with van der Waals surface area (Å²) in [5, 5.41) is 12.0. The molecule has 0 aliphatic carbocycles. The maximum absolute atomic E-state index is 12.6. The van der Waals surface area contributed by atoms with E-state index >= 15 is 0 Å². The lowest BCUT2D eigenvalue weighted by Gasteiger charge is -2.13. The van der Waals surface area contributed by atoms with E-state index in [9.17, 15) is 4.79 Å². The Labute approximate surface area is 169 Å². The van der Waals surface area contributed by atoms with Gasteiger partial charge in [0.1, 0.15) is 5.75 Å². The van der Waals surface area contributed by atoms with Crippen LogP contribution in [0.2, 0.25) is 0 Å². The summed E-state index contributed by atoms with van der Waals surface area (Å²) < 4.78 is 7.18. The van der Waals surface area contributed by atoms with Crippen LogP contribution in [-0.4, -0.2) is 33.0 Å². The topological polar surface area (TPSA) is 69.0 Å². The lowest BCUT2D eigenvalue weighted by atomic mass is 10.1. The smallest absolute Gasteiger partial charge is 0.237 e. The monoisotopic (exact) mass is 396 g/mol. The summed E-state index contributed by atoms with van der Waals surface area (Å²) in [6.45, 7) is 6.70. The largest absolute Gasteiger partial charge is 0.497 e. The molecule has 1 atom stereocenters. The molecular formula is C21H24N4O2S. The molecule has 3 aromatic rings. The number of carbonyl (C=O) groups is 1. The van der Waals surface area contributed by atoms with Crippen molar-refractivity contribution in [2.75, 3.05) is 12.4 Å². The van der Waals surface area contributed by atoms with Gasteiger partial charge in [-0.25, -0.2) is 0 Å². The second-order valence-corrected chi connectivity index (χ2v) is 7.71. The van der Waals surface area contributed by atoms with E-state index in [1.807, 2.05) is 47.9 Å². The average Bonchev–Trinajstić information content (AvgIpc) is 3.11. The molecule has 0 spiro atoms. The van der Waals surface area contributed by atoms with Gasteiger partial charge in [0.25, 0.3) is 0 Å². The molecule has 1 amide bonds. The van der Waals surface area contributed by atoms with Crippen LogP contribution in [0.5, 0.6) is 5.75 Å². The lowest BCUT2D eigenvalue weighted by molar-refractivity contribution is -0.115. The predicted molar refractivity (Wildman–Crippen MR) is 113 cm³/mol. The number of nitrogens with zero attached hydrogens (tertiary/aromatic N) is 3. The maximum Gasteiger partial charge on any atom is 0.237 e. The molecule has 3 rings (SSSR count). The van der Waals surface area contributed by atoms with Crippen LogP contribution in [0, 0.1) is 6.92 Å². The number of nitrogens with one attached hydrogen (secondary N) is 1. The molecular weight excluding hydrogens is 372 g/mol. The number of anilines is 1. The highest BCUT2D eigenvalue weighted by Crippen LogP contribution is 2.28. The molecule has 0 fully saturated rings. The summed E-state index contributed by atoms with van der Waals surface area (Å²) >= 11 is 1.40. The predicted octanol–water partition coefficient (Wildman–Crippen LogP) is 4.40. The van der Waals surface area contributed by atoms with Gasteiger partial charge >= 0.3 is 0 Å². The fourth-order valence-corrected chi connectivity index (χ4v) is 3.70. The maximum atomic E-state index is 12.6. The fraction of sp³-hybridized carbons (Fsp3) is 0.286. The molecule has 0 saturated carbocycles. The first-order valence-electron chi connectivity index (χ1n) is 9.13. The minimum Gasteiger partial charge on any atom is -0.497 e. The van der Waals surface area contributed by atoms with E-state index in [1.165, 1.54) is 17.3 Å². The van der Waals surface area contributed by atoms with Crippen LogP contribution in [0.1, 0.15) is 19.4 Å². The number of thioether (sulfide) groups is 1. The first-order valence-corrected chi connectivity index (χ1v) is 10.0. The number of aryl methyl sites for hydroxylation is 1. The Kier molecular flexibility index (Phi) is 6.36. The Bertz CT molecular complexity index is 953. The molecule has 0 aliphatic rings. The number of ether oxygens (including phenoxy) is 1. The number of methoxy groups -OCH3 is 1. The van der Waals surface area contributed by atoms with Crippen molar-refractivity contribution < 1.29 is 9.53 Å². The van der Waals surface area contributed by atoms with Crippen molar-refractivity contribution in [3.63, 3.8) is 0 Å². The number of benzene rings is 2. The highest BCUT2D eigenvalue weighted by Gasteiger charge is 2.20. The molecule has 1 N–H and O–H groups in total. The summed E-state index contributed by atoms with van der Waals surface area (Å²) in [4.78, 5) is 12.6. The van der Waals surface area contributed by atoms with Gasteiger partial charge in [0.05, 0.1) is 12.4 Å². The Hall–Kier alpha value is -2.80. The van der Waals surface area contributed by atoms with E-state index in [4.69, 9.17) is 4.74 Å². The third-order valence-corrected chi connectivity index (χ3v) is 5.40. The van der Waals surface area contributed by atoms with Gasteiger partial charge in [-0.15, -0.1) is 10.2 Å². The van der Waals surface area contributed by atoms with Gasteiger partial charge in [-0.3, -0.25) is 4.79 Å². The minimum absolute atomic E-state index is 0.0853. The van der Waals surface area contributed by atoms with E-state index in [2.05, 4.69) is 41.5 Å². The molecule has 146 valence electrons. The number of amides is 1. The van der Waals surface area contributed by atoms with E-state index < -0.39 is 0 Å². The summed E-state index contributed by atoms with van der Waals surface area (Å²) in [5.41, 5.74) is 2.93. The van der Waals surface area contributed by atoms with Crippen LogP contribution < -0.4 is 10.1 Å². The van der Waals surface area contributed by atoms with Gasteiger partial charge in [0, 0.05) is 17.8 Å². The van der Waals surface area contributed by atoms with Crippen molar-refractivity contribution in [3.05, 3.63) is 54.1 Å². The second-order valence-electron chi connectivity index (χ2n) is 6.40. The van der Waals surface area contributed by atoms with Crippen LogP contribution in [-0.2, 0) is 11.3 Å². The van der Waals surface area contributed by atoms with Crippen molar-refractivity contribution in [2.24, 2.45) is 0 Å². The molecule has 1 unspecified atom stereocenters. The normalized spacial score (nSPS) is 11.9. The SMILES string of the molecule is CCn1c(SC(C)C(=O)Nc2ccc(OC)cc2)nnc1-c1cccc(C)c1. The Morgan fingerprint density at radius 1 is 1.21 bits per heavy atom. The highest BCUT2D eigenvalue weighted by atomic mass is 32.2. The van der Waals surface area contributed by atoms with Gasteiger partial charge in [0.15, 0.2) is 11.0 Å². The van der Waals surface area contributed by atoms with E-state index in [0.29, 0.717) is 0 Å². The number of aromatic nitrogens is 3. The van der Waals surface area contributed by atoms with Crippen molar-refractivity contribution in [1.29, 1.82) is 0 Å². The highest BCUT2D eigenvalue weighted by molar-refractivity contribution is 8.00. The molecule has 0 saturated heterocycles. The number of rotatable bonds is 7. The minimum atomic E-state index is -0.318. The summed E-state index contributed by atoms with van der Waals surface area (Å²) in [6, 6.07) is 15.4. The van der Waals surface area contributed by atoms with Crippen molar-refractivity contribution in [3.8, 4) is 17.1 Å². The van der Waals surface area contributed by atoms with Crippen LogP contribution >= 0.6 is 11.8 Å². The quantitative estimate of drug-likeness (QED) is 0.600. The molecule has 0 radical (unpaired) electrons. The Balaban J connectivity index is 1.72. The van der Waals surface area contributed by atoms with Gasteiger partial charge in [-0.2, -0.15) is 0 Å². The van der Waals surface area contributed by atoms with Crippen molar-refractivity contribution in [1.82, 2.24) is 14.8 Å². The first-order chi connectivity index (χ1) is 13.5. The third-order valence-electron chi connectivity index (χ3n) is 4.32.